The molecule has 1 atom stereocenters. The minimum absolute atomic E-state index is 0.327. The van der Waals surface area contributed by atoms with Crippen molar-refractivity contribution >= 4 is 11.1 Å². The second-order valence-electron chi connectivity index (χ2n) is 4.70. The lowest BCUT2D eigenvalue weighted by atomic mass is 10.1. The van der Waals surface area contributed by atoms with Gasteiger partial charge in [0, 0.05) is 13.6 Å². The molecule has 0 bridgehead atoms. The van der Waals surface area contributed by atoms with Crippen LogP contribution in [0, 0.1) is 5.92 Å². The summed E-state index contributed by atoms with van der Waals surface area (Å²) in [5, 5.41) is 3.33. The van der Waals surface area contributed by atoms with Crippen LogP contribution >= 0.6 is 0 Å². The van der Waals surface area contributed by atoms with Crippen molar-refractivity contribution in [1.82, 2.24) is 9.88 Å². The number of hydrogen-bond donors (Lipinski definition) is 2. The summed E-state index contributed by atoms with van der Waals surface area (Å²) >= 11 is 0. The Kier molecular flexibility index (Phi) is 3.84. The van der Waals surface area contributed by atoms with Crippen molar-refractivity contribution in [1.29, 1.82) is 0 Å². The molecule has 0 fully saturated rings. The number of aromatic nitrogens is 1. The summed E-state index contributed by atoms with van der Waals surface area (Å²) in [4.78, 5) is 11.4. The Morgan fingerprint density at radius 1 is 1.50 bits per heavy atom. The second-order valence-corrected chi connectivity index (χ2v) is 4.70. The van der Waals surface area contributed by atoms with E-state index in [1.165, 1.54) is 4.57 Å². The molecule has 1 unspecified atom stereocenters. The molecule has 5 nitrogen and oxygen atoms in total. The van der Waals surface area contributed by atoms with Crippen LogP contribution in [0.15, 0.2) is 27.4 Å². The van der Waals surface area contributed by atoms with Gasteiger partial charge >= 0.3 is 5.76 Å². The predicted octanol–water partition coefficient (Wildman–Crippen LogP) is 0.816. The van der Waals surface area contributed by atoms with E-state index in [2.05, 4.69) is 12.2 Å². The summed E-state index contributed by atoms with van der Waals surface area (Å²) in [7, 11) is 1.70. The molecule has 0 saturated heterocycles. The first-order chi connectivity index (χ1) is 8.61. The number of oxazole rings is 1. The Morgan fingerprint density at radius 3 is 3.00 bits per heavy atom. The monoisotopic (exact) mass is 249 g/mol. The Bertz CT molecular complexity index is 585. The molecule has 0 aliphatic carbocycles. The van der Waals surface area contributed by atoms with Gasteiger partial charge < -0.3 is 15.5 Å². The molecule has 98 valence electrons. The number of nitrogens with zero attached hydrogens (tertiary/aromatic N) is 1. The van der Waals surface area contributed by atoms with Gasteiger partial charge in [0.1, 0.15) is 0 Å². The van der Waals surface area contributed by atoms with Gasteiger partial charge in [0.15, 0.2) is 5.58 Å². The summed E-state index contributed by atoms with van der Waals surface area (Å²) in [6.45, 7) is 4.41. The molecule has 1 aromatic heterocycles. The van der Waals surface area contributed by atoms with Crippen molar-refractivity contribution in [2.24, 2.45) is 18.7 Å². The van der Waals surface area contributed by atoms with Crippen LogP contribution in [0.2, 0.25) is 0 Å². The average molecular weight is 249 g/mol. The molecular weight excluding hydrogens is 230 g/mol. The van der Waals surface area contributed by atoms with E-state index in [0.29, 0.717) is 18.0 Å². The van der Waals surface area contributed by atoms with Crippen LogP contribution in [0.4, 0.5) is 0 Å². The van der Waals surface area contributed by atoms with Crippen LogP contribution in [-0.2, 0) is 13.6 Å². The van der Waals surface area contributed by atoms with E-state index in [1.54, 1.807) is 7.05 Å². The second kappa shape index (κ2) is 5.37. The number of hydrogen-bond acceptors (Lipinski definition) is 4. The first-order valence-corrected chi connectivity index (χ1v) is 6.11. The first kappa shape index (κ1) is 12.9. The topological polar surface area (TPSA) is 73.2 Å². The Labute approximate surface area is 106 Å². The van der Waals surface area contributed by atoms with E-state index in [-0.39, 0.29) is 5.76 Å². The van der Waals surface area contributed by atoms with E-state index in [4.69, 9.17) is 10.2 Å². The molecule has 5 heteroatoms. The molecule has 0 amide bonds. The normalized spacial score (nSPS) is 13.1. The van der Waals surface area contributed by atoms with Gasteiger partial charge in [-0.25, -0.2) is 4.79 Å². The molecule has 2 rings (SSSR count). The lowest BCUT2D eigenvalue weighted by Crippen LogP contribution is -2.25. The average Bonchev–Trinajstić information content (AvgIpc) is 2.64. The predicted molar refractivity (Wildman–Crippen MR) is 71.4 cm³/mol. The van der Waals surface area contributed by atoms with E-state index < -0.39 is 0 Å². The quantitative estimate of drug-likeness (QED) is 0.822. The molecule has 0 aliphatic heterocycles. The van der Waals surface area contributed by atoms with Crippen LogP contribution in [-0.4, -0.2) is 17.7 Å². The summed E-state index contributed by atoms with van der Waals surface area (Å²) in [6, 6.07) is 5.80. The molecule has 1 aromatic carbocycles. The van der Waals surface area contributed by atoms with Gasteiger partial charge in [-0.2, -0.15) is 0 Å². The number of nitrogens with two attached hydrogens (primary N) is 1. The smallest absolute Gasteiger partial charge is 0.408 e. The third kappa shape index (κ3) is 2.63. The van der Waals surface area contributed by atoms with Crippen molar-refractivity contribution in [3.63, 3.8) is 0 Å². The Balaban J connectivity index is 2.08. The van der Waals surface area contributed by atoms with E-state index in [0.717, 1.165) is 24.2 Å². The van der Waals surface area contributed by atoms with Gasteiger partial charge in [0.25, 0.3) is 0 Å². The fraction of sp³-hybridized carbons (Fsp3) is 0.462. The maximum absolute atomic E-state index is 11.4. The van der Waals surface area contributed by atoms with Crippen molar-refractivity contribution < 1.29 is 4.42 Å². The summed E-state index contributed by atoms with van der Waals surface area (Å²) in [5.41, 5.74) is 8.10. The first-order valence-electron chi connectivity index (χ1n) is 6.11. The highest BCUT2D eigenvalue weighted by molar-refractivity contribution is 5.73. The fourth-order valence-corrected chi connectivity index (χ4v) is 1.83. The highest BCUT2D eigenvalue weighted by atomic mass is 16.4. The molecule has 2 aromatic rings. The van der Waals surface area contributed by atoms with Gasteiger partial charge in [-0.15, -0.1) is 0 Å². The Morgan fingerprint density at radius 2 is 2.28 bits per heavy atom. The molecule has 0 radical (unpaired) electrons. The molecular formula is C13H19N3O2. The van der Waals surface area contributed by atoms with Crippen LogP contribution in [0.1, 0.15) is 12.5 Å². The number of rotatable bonds is 5. The third-order valence-electron chi connectivity index (χ3n) is 3.08. The number of fused-ring (bicyclic) bond motifs is 1. The number of benzene rings is 1. The van der Waals surface area contributed by atoms with Crippen LogP contribution in [0.5, 0.6) is 0 Å². The van der Waals surface area contributed by atoms with E-state index in [9.17, 15) is 4.79 Å². The van der Waals surface area contributed by atoms with Gasteiger partial charge in [-0.3, -0.25) is 4.57 Å². The standard InChI is InChI=1S/C13H19N3O2/c1-9(6-14)7-15-8-10-3-4-11-12(5-10)18-13(17)16(11)2/h3-5,9,15H,6-8,14H2,1-2H3. The molecule has 3 N–H and O–H groups in total. The van der Waals surface area contributed by atoms with Gasteiger partial charge in [-0.05, 0) is 36.7 Å². The zero-order valence-corrected chi connectivity index (χ0v) is 10.8. The summed E-state index contributed by atoms with van der Waals surface area (Å²) in [6.07, 6.45) is 0. The maximum Gasteiger partial charge on any atom is 0.419 e. The summed E-state index contributed by atoms with van der Waals surface area (Å²) in [5.74, 6) is 0.134. The van der Waals surface area contributed by atoms with Crippen LogP contribution < -0.4 is 16.8 Å². The van der Waals surface area contributed by atoms with Gasteiger partial charge in [-0.1, -0.05) is 13.0 Å². The van der Waals surface area contributed by atoms with Crippen molar-refractivity contribution in [2.75, 3.05) is 13.1 Å². The van der Waals surface area contributed by atoms with Crippen LogP contribution in [0.3, 0.4) is 0 Å². The SMILES string of the molecule is CC(CN)CNCc1ccc2c(c1)oc(=O)n2C. The highest BCUT2D eigenvalue weighted by Crippen LogP contribution is 2.14. The lowest BCUT2D eigenvalue weighted by Gasteiger charge is -2.09. The summed E-state index contributed by atoms with van der Waals surface area (Å²) < 4.78 is 6.65. The van der Waals surface area contributed by atoms with Gasteiger partial charge in [0.2, 0.25) is 0 Å². The largest absolute Gasteiger partial charge is 0.419 e. The van der Waals surface area contributed by atoms with Crippen molar-refractivity contribution in [3.05, 3.63) is 34.3 Å². The zero-order valence-electron chi connectivity index (χ0n) is 10.8. The lowest BCUT2D eigenvalue weighted by molar-refractivity contribution is 0.519. The van der Waals surface area contributed by atoms with Crippen molar-refractivity contribution in [2.45, 2.75) is 13.5 Å². The van der Waals surface area contributed by atoms with Crippen molar-refractivity contribution in [3.8, 4) is 0 Å². The zero-order chi connectivity index (χ0) is 13.1. The van der Waals surface area contributed by atoms with Crippen LogP contribution in [0.25, 0.3) is 11.1 Å². The number of aryl methyl sites for hydroxylation is 1. The third-order valence-corrected chi connectivity index (χ3v) is 3.08. The molecule has 0 aliphatic rings. The molecule has 18 heavy (non-hydrogen) atoms. The van der Waals surface area contributed by atoms with Gasteiger partial charge in [0.05, 0.1) is 5.52 Å². The molecule has 0 spiro atoms. The minimum atomic E-state index is -0.327. The highest BCUT2D eigenvalue weighted by Gasteiger charge is 2.06. The number of nitrogens with one attached hydrogen (secondary N) is 1. The van der Waals surface area contributed by atoms with E-state index in [1.807, 2.05) is 18.2 Å². The fourth-order valence-electron chi connectivity index (χ4n) is 1.83. The van der Waals surface area contributed by atoms with E-state index >= 15 is 0 Å². The Hall–Kier alpha value is -1.59. The molecule has 0 saturated carbocycles. The maximum atomic E-state index is 11.4. The molecule has 1 heterocycles. The minimum Gasteiger partial charge on any atom is -0.408 e.